The zero-order valence-electron chi connectivity index (χ0n) is 15.3. The first-order valence-corrected chi connectivity index (χ1v) is 9.90. The van der Waals surface area contributed by atoms with Crippen molar-refractivity contribution in [2.75, 3.05) is 26.7 Å². The van der Waals surface area contributed by atoms with Gasteiger partial charge in [-0.25, -0.2) is 0 Å². The van der Waals surface area contributed by atoms with Gasteiger partial charge in [0, 0.05) is 42.7 Å². The summed E-state index contributed by atoms with van der Waals surface area (Å²) >= 11 is 1.97. The predicted octanol–water partition coefficient (Wildman–Crippen LogP) is 3.09. The molecule has 1 heterocycles. The third kappa shape index (κ3) is 6.04. The fourth-order valence-corrected chi connectivity index (χ4v) is 4.72. The van der Waals surface area contributed by atoms with Crippen molar-refractivity contribution < 1.29 is 4.79 Å². The molecular formula is C19H29IN4OS. The Morgan fingerprint density at radius 3 is 2.73 bits per heavy atom. The number of carbonyl (C=O) groups is 1. The first-order chi connectivity index (χ1) is 12.1. The molecular weight excluding hydrogens is 459 g/mol. The molecule has 0 aromatic heterocycles. The summed E-state index contributed by atoms with van der Waals surface area (Å²) in [6.07, 6.45) is 5.11. The van der Waals surface area contributed by atoms with Crippen LogP contribution in [0.25, 0.3) is 0 Å². The minimum absolute atomic E-state index is 0. The van der Waals surface area contributed by atoms with Crippen LogP contribution in [0.5, 0.6) is 0 Å². The fourth-order valence-electron chi connectivity index (χ4n) is 3.47. The predicted molar refractivity (Wildman–Crippen MR) is 119 cm³/mol. The smallest absolute Gasteiger partial charge is 0.217 e. The third-order valence-corrected chi connectivity index (χ3v) is 6.47. The topological polar surface area (TPSA) is 70.7 Å². The van der Waals surface area contributed by atoms with Crippen LogP contribution in [0.3, 0.4) is 0 Å². The quantitative estimate of drug-likeness (QED) is 0.367. The van der Waals surface area contributed by atoms with Gasteiger partial charge >= 0.3 is 0 Å². The van der Waals surface area contributed by atoms with Gasteiger partial charge in [-0.3, -0.25) is 9.79 Å². The Labute approximate surface area is 177 Å². The van der Waals surface area contributed by atoms with Gasteiger partial charge < -0.3 is 16.0 Å². The van der Waals surface area contributed by atoms with Crippen LogP contribution in [-0.2, 0) is 4.79 Å². The van der Waals surface area contributed by atoms with Crippen molar-refractivity contribution in [1.29, 1.82) is 0 Å². The average Bonchev–Trinajstić information content (AvgIpc) is 3.36. The number of nitrogens with one attached hydrogen (secondary N) is 1. The molecule has 3 rings (SSSR count). The van der Waals surface area contributed by atoms with E-state index in [1.807, 2.05) is 18.8 Å². The number of nitrogens with zero attached hydrogens (tertiary/aromatic N) is 2. The van der Waals surface area contributed by atoms with Crippen LogP contribution < -0.4 is 11.1 Å². The molecule has 1 aromatic carbocycles. The van der Waals surface area contributed by atoms with Crippen LogP contribution in [0.4, 0.5) is 0 Å². The molecule has 0 bridgehead atoms. The maximum absolute atomic E-state index is 11.2. The highest BCUT2D eigenvalue weighted by molar-refractivity contribution is 14.0. The van der Waals surface area contributed by atoms with E-state index in [9.17, 15) is 4.79 Å². The monoisotopic (exact) mass is 488 g/mol. The number of amides is 1. The first-order valence-electron chi connectivity index (χ1n) is 9.08. The number of nitrogens with two attached hydrogens (primary N) is 1. The zero-order valence-corrected chi connectivity index (χ0v) is 18.5. The SMILES string of the molecule is CN=C(NCC1(Sc2ccccc2)CC1)N1CCCC(CC(N)=O)C1.I. The van der Waals surface area contributed by atoms with E-state index in [0.717, 1.165) is 38.4 Å². The highest BCUT2D eigenvalue weighted by Gasteiger charge is 2.44. The molecule has 3 N–H and O–H groups in total. The summed E-state index contributed by atoms with van der Waals surface area (Å²) < 4.78 is 0.291. The van der Waals surface area contributed by atoms with Crippen molar-refractivity contribution in [3.05, 3.63) is 30.3 Å². The number of guanidine groups is 1. The van der Waals surface area contributed by atoms with Crippen LogP contribution in [0, 0.1) is 5.92 Å². The second kappa shape index (κ2) is 9.82. The molecule has 2 aliphatic rings. The molecule has 1 aliphatic heterocycles. The summed E-state index contributed by atoms with van der Waals surface area (Å²) in [4.78, 5) is 19.3. The lowest BCUT2D eigenvalue weighted by Crippen LogP contribution is -2.48. The van der Waals surface area contributed by atoms with E-state index in [-0.39, 0.29) is 29.9 Å². The van der Waals surface area contributed by atoms with Crippen molar-refractivity contribution in [2.45, 2.75) is 41.7 Å². The molecule has 1 aliphatic carbocycles. The number of thioether (sulfide) groups is 1. The number of primary amides is 1. The lowest BCUT2D eigenvalue weighted by molar-refractivity contribution is -0.119. The lowest BCUT2D eigenvalue weighted by atomic mass is 9.95. The van der Waals surface area contributed by atoms with Crippen LogP contribution >= 0.6 is 35.7 Å². The Hall–Kier alpha value is -0.960. The number of halogens is 1. The van der Waals surface area contributed by atoms with Gasteiger partial charge in [-0.05, 0) is 43.7 Å². The Bertz CT molecular complexity index is 621. The Kier molecular flexibility index (Phi) is 8.06. The van der Waals surface area contributed by atoms with Crippen LogP contribution in [0.2, 0.25) is 0 Å². The van der Waals surface area contributed by atoms with Gasteiger partial charge in [-0.15, -0.1) is 35.7 Å². The summed E-state index contributed by atoms with van der Waals surface area (Å²) in [5.74, 6) is 1.10. The number of benzene rings is 1. The number of aliphatic imine (C=N–C) groups is 1. The minimum Gasteiger partial charge on any atom is -0.370 e. The molecule has 0 spiro atoms. The molecule has 5 nitrogen and oxygen atoms in total. The van der Waals surface area contributed by atoms with Crippen LogP contribution in [0.15, 0.2) is 40.2 Å². The second-order valence-corrected chi connectivity index (χ2v) is 8.67. The number of likely N-dealkylation sites (tertiary alicyclic amines) is 1. The first kappa shape index (κ1) is 21.3. The molecule has 26 heavy (non-hydrogen) atoms. The van der Waals surface area contributed by atoms with Crippen molar-refractivity contribution in [3.8, 4) is 0 Å². The number of carbonyl (C=O) groups excluding carboxylic acids is 1. The third-order valence-electron chi connectivity index (χ3n) is 4.97. The van der Waals surface area contributed by atoms with E-state index in [1.54, 1.807) is 0 Å². The van der Waals surface area contributed by atoms with Crippen molar-refractivity contribution in [2.24, 2.45) is 16.6 Å². The molecule has 144 valence electrons. The normalized spacial score (nSPS) is 21.7. The van der Waals surface area contributed by atoms with Crippen molar-refractivity contribution >= 4 is 47.6 Å². The van der Waals surface area contributed by atoms with Gasteiger partial charge in [0.25, 0.3) is 0 Å². The largest absolute Gasteiger partial charge is 0.370 e. The summed E-state index contributed by atoms with van der Waals surface area (Å²) in [6.45, 7) is 2.78. The molecule has 1 amide bonds. The highest BCUT2D eigenvalue weighted by Crippen LogP contribution is 2.51. The molecule has 1 atom stereocenters. The summed E-state index contributed by atoms with van der Waals surface area (Å²) in [7, 11) is 1.84. The van der Waals surface area contributed by atoms with E-state index in [2.05, 4.69) is 45.5 Å². The van der Waals surface area contributed by atoms with Crippen molar-refractivity contribution in [1.82, 2.24) is 10.2 Å². The second-order valence-electron chi connectivity index (χ2n) is 7.12. The minimum atomic E-state index is -0.203. The number of piperidine rings is 1. The lowest BCUT2D eigenvalue weighted by Gasteiger charge is -2.35. The Morgan fingerprint density at radius 1 is 1.38 bits per heavy atom. The molecule has 2 fully saturated rings. The molecule has 7 heteroatoms. The van der Waals surface area contributed by atoms with Gasteiger partial charge in [-0.1, -0.05) is 18.2 Å². The van der Waals surface area contributed by atoms with Gasteiger partial charge in [-0.2, -0.15) is 0 Å². The molecule has 1 saturated carbocycles. The van der Waals surface area contributed by atoms with Gasteiger partial charge in [0.1, 0.15) is 0 Å². The van der Waals surface area contributed by atoms with E-state index in [1.165, 1.54) is 17.7 Å². The van der Waals surface area contributed by atoms with Gasteiger partial charge in [0.05, 0.1) is 0 Å². The maximum Gasteiger partial charge on any atom is 0.217 e. The summed E-state index contributed by atoms with van der Waals surface area (Å²) in [5, 5.41) is 3.57. The average molecular weight is 488 g/mol. The van der Waals surface area contributed by atoms with E-state index in [0.29, 0.717) is 17.1 Å². The molecule has 0 radical (unpaired) electrons. The van der Waals surface area contributed by atoms with E-state index >= 15 is 0 Å². The van der Waals surface area contributed by atoms with Gasteiger partial charge in [0.15, 0.2) is 5.96 Å². The number of hydrogen-bond donors (Lipinski definition) is 2. The number of hydrogen-bond acceptors (Lipinski definition) is 3. The van der Waals surface area contributed by atoms with E-state index < -0.39 is 0 Å². The molecule has 1 saturated heterocycles. The summed E-state index contributed by atoms with van der Waals surface area (Å²) in [5.41, 5.74) is 5.37. The van der Waals surface area contributed by atoms with Gasteiger partial charge in [0.2, 0.25) is 5.91 Å². The van der Waals surface area contributed by atoms with E-state index in [4.69, 9.17) is 5.73 Å². The van der Waals surface area contributed by atoms with Crippen LogP contribution in [0.1, 0.15) is 32.1 Å². The number of rotatable bonds is 6. The van der Waals surface area contributed by atoms with Crippen molar-refractivity contribution in [3.63, 3.8) is 0 Å². The molecule has 1 aromatic rings. The summed E-state index contributed by atoms with van der Waals surface area (Å²) in [6, 6.07) is 10.6. The standard InChI is InChI=1S/C19H28N4OS.HI/c1-21-18(23-11-5-6-15(13-23)12-17(20)24)22-14-19(9-10-19)25-16-7-3-2-4-8-16;/h2-4,7-8,15H,5-6,9-14H2,1H3,(H2,20,24)(H,21,22);1H. The molecule has 1 unspecified atom stereocenters. The highest BCUT2D eigenvalue weighted by atomic mass is 127. The maximum atomic E-state index is 11.2. The zero-order chi connectivity index (χ0) is 17.7. The fraction of sp³-hybridized carbons (Fsp3) is 0.579. The van der Waals surface area contributed by atoms with Crippen LogP contribution in [-0.4, -0.2) is 48.2 Å². The Morgan fingerprint density at radius 2 is 2.12 bits per heavy atom. The Balaban J connectivity index is 0.00000243.